The Morgan fingerprint density at radius 1 is 1.45 bits per heavy atom. The van der Waals surface area contributed by atoms with E-state index in [9.17, 15) is 0 Å². The van der Waals surface area contributed by atoms with Gasteiger partial charge in [-0.05, 0) is 37.3 Å². The molecule has 1 fully saturated rings. The molecule has 0 atom stereocenters. The number of nitrogens with zero attached hydrogens (tertiary/aromatic N) is 2. The molecule has 0 bridgehead atoms. The molecule has 0 amide bonds. The van der Waals surface area contributed by atoms with Gasteiger partial charge in [0, 0.05) is 32.4 Å². The summed E-state index contributed by atoms with van der Waals surface area (Å²) in [6.07, 6.45) is 2.22. The SMILES string of the molecule is COCC1CCN(c2c(C)cccc2/C(N)=N/O)CC1. The normalized spacial score (nSPS) is 17.5. The third kappa shape index (κ3) is 3.04. The third-order valence-electron chi connectivity index (χ3n) is 3.95. The highest BCUT2D eigenvalue weighted by Gasteiger charge is 2.23. The molecule has 5 heteroatoms. The second kappa shape index (κ2) is 6.61. The molecular weight excluding hydrogens is 254 g/mol. The first kappa shape index (κ1) is 14.7. The van der Waals surface area contributed by atoms with Gasteiger partial charge < -0.3 is 20.6 Å². The molecular formula is C15H23N3O2. The number of anilines is 1. The maximum Gasteiger partial charge on any atom is 0.172 e. The van der Waals surface area contributed by atoms with Gasteiger partial charge in [-0.15, -0.1) is 0 Å². The average molecular weight is 277 g/mol. The minimum Gasteiger partial charge on any atom is -0.409 e. The molecule has 2 rings (SSSR count). The molecule has 0 aromatic heterocycles. The first-order valence-electron chi connectivity index (χ1n) is 6.98. The van der Waals surface area contributed by atoms with Crippen molar-refractivity contribution < 1.29 is 9.94 Å². The minimum atomic E-state index is 0.169. The van der Waals surface area contributed by atoms with Crippen LogP contribution in [0.25, 0.3) is 0 Å². The largest absolute Gasteiger partial charge is 0.409 e. The average Bonchev–Trinajstić information content (AvgIpc) is 2.47. The molecule has 1 saturated heterocycles. The molecule has 0 unspecified atom stereocenters. The molecule has 0 spiro atoms. The van der Waals surface area contributed by atoms with E-state index in [4.69, 9.17) is 15.7 Å². The fraction of sp³-hybridized carbons (Fsp3) is 0.533. The summed E-state index contributed by atoms with van der Waals surface area (Å²) in [4.78, 5) is 2.33. The van der Waals surface area contributed by atoms with Crippen LogP contribution in [-0.2, 0) is 4.74 Å². The van der Waals surface area contributed by atoms with Crippen molar-refractivity contribution in [3.63, 3.8) is 0 Å². The van der Waals surface area contributed by atoms with Gasteiger partial charge >= 0.3 is 0 Å². The van der Waals surface area contributed by atoms with Crippen molar-refractivity contribution in [2.45, 2.75) is 19.8 Å². The van der Waals surface area contributed by atoms with Crippen molar-refractivity contribution in [3.8, 4) is 0 Å². The lowest BCUT2D eigenvalue weighted by Crippen LogP contribution is -2.36. The third-order valence-corrected chi connectivity index (χ3v) is 3.95. The van der Waals surface area contributed by atoms with Gasteiger partial charge in [0.2, 0.25) is 0 Å². The van der Waals surface area contributed by atoms with Crippen LogP contribution in [0.1, 0.15) is 24.0 Å². The van der Waals surface area contributed by atoms with Gasteiger partial charge in [0.25, 0.3) is 0 Å². The second-order valence-electron chi connectivity index (χ2n) is 5.34. The number of piperidine rings is 1. The van der Waals surface area contributed by atoms with E-state index in [1.807, 2.05) is 12.1 Å². The van der Waals surface area contributed by atoms with Crippen LogP contribution in [0.3, 0.4) is 0 Å². The van der Waals surface area contributed by atoms with Crippen molar-refractivity contribution in [3.05, 3.63) is 29.3 Å². The number of hydrogen-bond donors (Lipinski definition) is 2. The first-order chi connectivity index (χ1) is 9.67. The maximum absolute atomic E-state index is 8.94. The van der Waals surface area contributed by atoms with Gasteiger partial charge in [-0.1, -0.05) is 17.3 Å². The Balaban J connectivity index is 2.21. The molecule has 1 heterocycles. The molecule has 20 heavy (non-hydrogen) atoms. The van der Waals surface area contributed by atoms with Gasteiger partial charge in [0.1, 0.15) is 0 Å². The van der Waals surface area contributed by atoms with Crippen LogP contribution < -0.4 is 10.6 Å². The lowest BCUT2D eigenvalue weighted by molar-refractivity contribution is 0.139. The zero-order valence-electron chi connectivity index (χ0n) is 12.2. The zero-order chi connectivity index (χ0) is 14.5. The van der Waals surface area contributed by atoms with Crippen molar-refractivity contribution in [1.29, 1.82) is 0 Å². The van der Waals surface area contributed by atoms with Crippen LogP contribution >= 0.6 is 0 Å². The fourth-order valence-electron chi connectivity index (χ4n) is 2.90. The van der Waals surface area contributed by atoms with E-state index >= 15 is 0 Å². The summed E-state index contributed by atoms with van der Waals surface area (Å²) in [5.41, 5.74) is 8.84. The summed E-state index contributed by atoms with van der Waals surface area (Å²) in [5, 5.41) is 12.1. The molecule has 1 aromatic rings. The van der Waals surface area contributed by atoms with E-state index in [1.54, 1.807) is 7.11 Å². The molecule has 110 valence electrons. The predicted octanol–water partition coefficient (Wildman–Crippen LogP) is 1.95. The molecule has 1 aromatic carbocycles. The summed E-state index contributed by atoms with van der Waals surface area (Å²) in [6, 6.07) is 5.90. The number of oxime groups is 1. The Hall–Kier alpha value is -1.75. The monoisotopic (exact) mass is 277 g/mol. The summed E-state index contributed by atoms with van der Waals surface area (Å²) in [7, 11) is 1.75. The Labute approximate surface area is 120 Å². The van der Waals surface area contributed by atoms with E-state index < -0.39 is 0 Å². The summed E-state index contributed by atoms with van der Waals surface area (Å²) < 4.78 is 5.23. The molecule has 3 N–H and O–H groups in total. The molecule has 0 radical (unpaired) electrons. The number of aryl methyl sites for hydroxylation is 1. The van der Waals surface area contributed by atoms with E-state index in [-0.39, 0.29) is 5.84 Å². The van der Waals surface area contributed by atoms with E-state index in [1.165, 1.54) is 0 Å². The molecule has 0 aliphatic carbocycles. The van der Waals surface area contributed by atoms with Crippen molar-refractivity contribution in [1.82, 2.24) is 0 Å². The van der Waals surface area contributed by atoms with E-state index in [2.05, 4.69) is 23.0 Å². The van der Waals surface area contributed by atoms with Crippen LogP contribution in [0.5, 0.6) is 0 Å². The number of amidine groups is 1. The van der Waals surface area contributed by atoms with Crippen LogP contribution in [0.15, 0.2) is 23.4 Å². The Kier molecular flexibility index (Phi) is 4.84. The smallest absolute Gasteiger partial charge is 0.172 e. The quantitative estimate of drug-likeness (QED) is 0.382. The summed E-state index contributed by atoms with van der Waals surface area (Å²) >= 11 is 0. The Morgan fingerprint density at radius 3 is 2.75 bits per heavy atom. The lowest BCUT2D eigenvalue weighted by Gasteiger charge is -2.35. The van der Waals surface area contributed by atoms with E-state index in [0.29, 0.717) is 5.92 Å². The van der Waals surface area contributed by atoms with Gasteiger partial charge in [-0.3, -0.25) is 0 Å². The summed E-state index contributed by atoms with van der Waals surface area (Å²) in [5.74, 6) is 0.801. The minimum absolute atomic E-state index is 0.169. The zero-order valence-corrected chi connectivity index (χ0v) is 12.2. The van der Waals surface area contributed by atoms with Crippen molar-refractivity contribution in [2.24, 2.45) is 16.8 Å². The highest BCUT2D eigenvalue weighted by Crippen LogP contribution is 2.29. The lowest BCUT2D eigenvalue weighted by atomic mass is 9.95. The van der Waals surface area contributed by atoms with Crippen LogP contribution in [0, 0.1) is 12.8 Å². The van der Waals surface area contributed by atoms with Gasteiger partial charge in [0.05, 0.1) is 5.69 Å². The molecule has 5 nitrogen and oxygen atoms in total. The highest BCUT2D eigenvalue weighted by molar-refractivity contribution is 6.02. The molecule has 0 saturated carbocycles. The number of nitrogens with two attached hydrogens (primary N) is 1. The Bertz CT molecular complexity index is 480. The fourth-order valence-corrected chi connectivity index (χ4v) is 2.90. The van der Waals surface area contributed by atoms with Crippen LogP contribution in [0.4, 0.5) is 5.69 Å². The van der Waals surface area contributed by atoms with Gasteiger partial charge in [-0.2, -0.15) is 0 Å². The van der Waals surface area contributed by atoms with E-state index in [0.717, 1.165) is 49.4 Å². The van der Waals surface area contributed by atoms with Crippen LogP contribution in [0.2, 0.25) is 0 Å². The topological polar surface area (TPSA) is 71.1 Å². The predicted molar refractivity (Wildman–Crippen MR) is 80.5 cm³/mol. The maximum atomic E-state index is 8.94. The first-order valence-corrected chi connectivity index (χ1v) is 6.98. The number of para-hydroxylation sites is 1. The number of ether oxygens (including phenoxy) is 1. The second-order valence-corrected chi connectivity index (χ2v) is 5.34. The number of rotatable bonds is 4. The number of methoxy groups -OCH3 is 1. The Morgan fingerprint density at radius 2 is 2.15 bits per heavy atom. The van der Waals surface area contributed by atoms with Crippen molar-refractivity contribution in [2.75, 3.05) is 31.7 Å². The summed E-state index contributed by atoms with van der Waals surface area (Å²) in [6.45, 7) is 4.84. The number of hydrogen-bond acceptors (Lipinski definition) is 4. The highest BCUT2D eigenvalue weighted by atomic mass is 16.5. The van der Waals surface area contributed by atoms with Crippen molar-refractivity contribution >= 4 is 11.5 Å². The number of benzene rings is 1. The van der Waals surface area contributed by atoms with Crippen LogP contribution in [-0.4, -0.2) is 37.8 Å². The standard InChI is InChI=1S/C15H23N3O2/c1-11-4-3-5-13(15(16)17-19)14(11)18-8-6-12(7-9-18)10-20-2/h3-5,12,19H,6-10H2,1-2H3,(H2,16,17). The van der Waals surface area contributed by atoms with Gasteiger partial charge in [0.15, 0.2) is 5.84 Å². The molecule has 1 aliphatic heterocycles. The molecule has 1 aliphatic rings. The van der Waals surface area contributed by atoms with Gasteiger partial charge in [-0.25, -0.2) is 0 Å².